The van der Waals surface area contributed by atoms with Gasteiger partial charge in [0.25, 0.3) is 0 Å². The van der Waals surface area contributed by atoms with E-state index in [4.69, 9.17) is 0 Å². The summed E-state index contributed by atoms with van der Waals surface area (Å²) in [4.78, 5) is 0. The van der Waals surface area contributed by atoms with E-state index in [1.165, 1.54) is 0 Å². The van der Waals surface area contributed by atoms with Gasteiger partial charge >= 0.3 is 0 Å². The van der Waals surface area contributed by atoms with Crippen LogP contribution in [-0.4, -0.2) is 9.67 Å². The van der Waals surface area contributed by atoms with Crippen LogP contribution in [0.4, 0.5) is 0 Å². The molecule has 3 heteroatoms. The molecule has 0 radical (unpaired) electrons. The average molecular weight is 159 g/mol. The monoisotopic (exact) mass is 159 g/mol. The van der Waals surface area contributed by atoms with Crippen LogP contribution in [0.2, 0.25) is 0 Å². The Hall–Kier alpha value is -1.64. The Morgan fingerprint density at radius 3 is 2.67 bits per heavy atom. The fourth-order valence-corrected chi connectivity index (χ4v) is 1.02. The highest BCUT2D eigenvalue weighted by molar-refractivity contribution is 5.20. The molecule has 3 nitrogen and oxygen atoms in total. The van der Waals surface area contributed by atoms with Gasteiger partial charge in [0.05, 0.1) is 12.7 Å². The van der Waals surface area contributed by atoms with Crippen LogP contribution in [0.1, 0.15) is 0 Å². The molecule has 0 saturated carbocycles. The van der Waals surface area contributed by atoms with Crippen molar-refractivity contribution in [1.82, 2.24) is 9.67 Å². The highest BCUT2D eigenvalue weighted by Crippen LogP contribution is 1.94. The fraction of sp³-hybridized carbons (Fsp3) is 0.111. The summed E-state index contributed by atoms with van der Waals surface area (Å²) < 4.78 is 3.49. The maximum atomic E-state index is 4.11. The molecule has 1 aromatic heterocycles. The van der Waals surface area contributed by atoms with Crippen molar-refractivity contribution >= 4 is 0 Å². The predicted molar refractivity (Wildman–Crippen MR) is 43.6 cm³/mol. The molecule has 2 rings (SSSR count). The molecule has 0 aliphatic rings. The minimum absolute atomic E-state index is 1.03. The van der Waals surface area contributed by atoms with Crippen molar-refractivity contribution in [2.24, 2.45) is 7.05 Å². The number of hydrogen-bond acceptors (Lipinski definition) is 1. The number of aryl methyl sites for hydroxylation is 1. The minimum atomic E-state index is 1.03. The normalized spacial score (nSPS) is 10.1. The van der Waals surface area contributed by atoms with E-state index in [0.717, 1.165) is 5.69 Å². The Labute approximate surface area is 70.9 Å². The van der Waals surface area contributed by atoms with Crippen LogP contribution in [0.15, 0.2) is 36.7 Å². The summed E-state index contributed by atoms with van der Waals surface area (Å²) in [6, 6.07) is 9.91. The summed E-state index contributed by atoms with van der Waals surface area (Å²) >= 11 is 0. The molecule has 60 valence electrons. The Bertz CT molecular complexity index is 364. The third kappa shape index (κ3) is 1.21. The lowest BCUT2D eigenvalue weighted by Crippen LogP contribution is -2.32. The lowest BCUT2D eigenvalue weighted by atomic mass is 10.3. The first-order valence-corrected chi connectivity index (χ1v) is 3.75. The van der Waals surface area contributed by atoms with Crippen LogP contribution in [0, 0.1) is 6.33 Å². The summed E-state index contributed by atoms with van der Waals surface area (Å²) in [6.07, 6.45) is 4.73. The number of benzene rings is 1. The van der Waals surface area contributed by atoms with Gasteiger partial charge in [-0.1, -0.05) is 30.3 Å². The third-order valence-corrected chi connectivity index (χ3v) is 1.59. The molecule has 0 unspecified atom stereocenters. The fourth-order valence-electron chi connectivity index (χ4n) is 1.02. The van der Waals surface area contributed by atoms with Crippen molar-refractivity contribution < 1.29 is 4.68 Å². The summed E-state index contributed by atoms with van der Waals surface area (Å²) in [5.74, 6) is 0. The van der Waals surface area contributed by atoms with E-state index < -0.39 is 0 Å². The predicted octanol–water partition coefficient (Wildman–Crippen LogP) is 0.497. The SMILES string of the molecule is Cn1[c-][n+](-c2ccccc2)nc1. The van der Waals surface area contributed by atoms with Crippen LogP contribution in [0.3, 0.4) is 0 Å². The molecule has 0 amide bonds. The molecule has 0 atom stereocenters. The highest BCUT2D eigenvalue weighted by Gasteiger charge is 1.94. The van der Waals surface area contributed by atoms with Gasteiger partial charge < -0.3 is 4.57 Å². The van der Waals surface area contributed by atoms with Crippen molar-refractivity contribution in [1.29, 1.82) is 0 Å². The molecular formula is C9H9N3. The van der Waals surface area contributed by atoms with E-state index in [1.54, 1.807) is 15.6 Å². The molecule has 0 fully saturated rings. The first-order valence-electron chi connectivity index (χ1n) is 3.75. The van der Waals surface area contributed by atoms with Gasteiger partial charge in [0.1, 0.15) is 6.33 Å². The van der Waals surface area contributed by atoms with Crippen molar-refractivity contribution in [2.75, 3.05) is 0 Å². The van der Waals surface area contributed by atoms with Crippen molar-refractivity contribution in [3.05, 3.63) is 43.0 Å². The van der Waals surface area contributed by atoms with Gasteiger partial charge in [-0.2, -0.15) is 0 Å². The van der Waals surface area contributed by atoms with Gasteiger partial charge in [0.2, 0.25) is 6.33 Å². The first kappa shape index (κ1) is 7.03. The van der Waals surface area contributed by atoms with E-state index in [9.17, 15) is 0 Å². The van der Waals surface area contributed by atoms with E-state index in [0.29, 0.717) is 0 Å². The Kier molecular flexibility index (Phi) is 1.63. The largest absolute Gasteiger partial charge is 0.326 e. The average Bonchev–Trinajstić information content (AvgIpc) is 2.54. The zero-order valence-electron chi connectivity index (χ0n) is 6.81. The lowest BCUT2D eigenvalue weighted by Gasteiger charge is -1.97. The molecular weight excluding hydrogens is 150 g/mol. The highest BCUT2D eigenvalue weighted by atomic mass is 15.3. The van der Waals surface area contributed by atoms with Gasteiger partial charge in [-0.25, -0.2) is 4.68 Å². The van der Waals surface area contributed by atoms with E-state index in [1.807, 2.05) is 37.4 Å². The van der Waals surface area contributed by atoms with Gasteiger partial charge in [-0.3, -0.25) is 0 Å². The zero-order valence-corrected chi connectivity index (χ0v) is 6.81. The summed E-state index contributed by atoms with van der Waals surface area (Å²) in [7, 11) is 1.90. The van der Waals surface area contributed by atoms with Crippen LogP contribution in [0.25, 0.3) is 5.69 Å². The second-order valence-corrected chi connectivity index (χ2v) is 2.59. The Morgan fingerprint density at radius 2 is 2.08 bits per heavy atom. The number of nitrogens with zero attached hydrogens (tertiary/aromatic N) is 3. The van der Waals surface area contributed by atoms with Crippen LogP contribution < -0.4 is 4.68 Å². The van der Waals surface area contributed by atoms with Crippen molar-refractivity contribution in [2.45, 2.75) is 0 Å². The molecule has 0 spiro atoms. The molecule has 1 aromatic carbocycles. The molecule has 0 saturated heterocycles. The van der Waals surface area contributed by atoms with Crippen molar-refractivity contribution in [3.63, 3.8) is 0 Å². The second-order valence-electron chi connectivity index (χ2n) is 2.59. The van der Waals surface area contributed by atoms with E-state index >= 15 is 0 Å². The van der Waals surface area contributed by atoms with Gasteiger partial charge in [-0.05, 0) is 0 Å². The van der Waals surface area contributed by atoms with Crippen LogP contribution in [-0.2, 0) is 7.05 Å². The van der Waals surface area contributed by atoms with Gasteiger partial charge in [0.15, 0.2) is 0 Å². The molecule has 1 heterocycles. The molecule has 0 bridgehead atoms. The number of aromatic nitrogens is 3. The summed E-state index contributed by atoms with van der Waals surface area (Å²) in [6.45, 7) is 0. The lowest BCUT2D eigenvalue weighted by molar-refractivity contribution is -0.661. The van der Waals surface area contributed by atoms with Crippen molar-refractivity contribution in [3.8, 4) is 5.69 Å². The maximum absolute atomic E-state index is 4.11. The molecule has 2 aromatic rings. The van der Waals surface area contributed by atoms with Gasteiger partial charge in [-0.15, -0.1) is 5.10 Å². The minimum Gasteiger partial charge on any atom is -0.326 e. The smallest absolute Gasteiger partial charge is 0.233 e. The Morgan fingerprint density at radius 1 is 1.33 bits per heavy atom. The van der Waals surface area contributed by atoms with E-state index in [2.05, 4.69) is 11.4 Å². The Balaban J connectivity index is 2.45. The summed E-state index contributed by atoms with van der Waals surface area (Å²) in [5.41, 5.74) is 1.03. The standard InChI is InChI=1S/C9H9N3/c1-11-7-10-12(8-11)9-5-3-2-4-6-9/h2-7H,1H3. The first-order chi connectivity index (χ1) is 5.86. The topological polar surface area (TPSA) is 21.7 Å². The molecule has 12 heavy (non-hydrogen) atoms. The zero-order chi connectivity index (χ0) is 8.39. The van der Waals surface area contributed by atoms with E-state index in [-0.39, 0.29) is 0 Å². The maximum Gasteiger partial charge on any atom is 0.233 e. The number of hydrogen-bond donors (Lipinski definition) is 0. The third-order valence-electron chi connectivity index (χ3n) is 1.59. The number of rotatable bonds is 1. The molecule has 0 aliphatic carbocycles. The van der Waals surface area contributed by atoms with Crippen LogP contribution >= 0.6 is 0 Å². The quantitative estimate of drug-likeness (QED) is 0.438. The molecule has 0 N–H and O–H groups in total. The molecule has 0 aliphatic heterocycles. The second kappa shape index (κ2) is 2.77. The number of para-hydroxylation sites is 1. The van der Waals surface area contributed by atoms with Crippen LogP contribution in [0.5, 0.6) is 0 Å². The van der Waals surface area contributed by atoms with Gasteiger partial charge in [0, 0.05) is 0 Å². The summed E-state index contributed by atoms with van der Waals surface area (Å²) in [5, 5.41) is 4.11.